The van der Waals surface area contributed by atoms with Gasteiger partial charge in [-0.05, 0) is 24.3 Å². The van der Waals surface area contributed by atoms with Crippen molar-refractivity contribution in [3.63, 3.8) is 0 Å². The molecule has 3 rings (SSSR count). The molecule has 0 unspecified atom stereocenters. The maximum atomic E-state index is 5.94. The Morgan fingerprint density at radius 2 is 1.83 bits per heavy atom. The number of hydrogen-bond donors (Lipinski definition) is 1. The molecule has 0 spiro atoms. The van der Waals surface area contributed by atoms with Gasteiger partial charge in [0, 0.05) is 29.7 Å². The van der Waals surface area contributed by atoms with E-state index < -0.39 is 0 Å². The van der Waals surface area contributed by atoms with Crippen molar-refractivity contribution in [1.29, 1.82) is 0 Å². The summed E-state index contributed by atoms with van der Waals surface area (Å²) >= 11 is 5.94. The summed E-state index contributed by atoms with van der Waals surface area (Å²) in [6.07, 6.45) is 4.92. The molecule has 88 valence electrons. The van der Waals surface area contributed by atoms with Crippen molar-refractivity contribution in [2.75, 3.05) is 5.32 Å². The minimum absolute atomic E-state index is 0.351. The lowest BCUT2D eigenvalue weighted by Crippen LogP contribution is -1.95. The number of pyridine rings is 1. The maximum Gasteiger partial charge on any atom is 0.171 e. The van der Waals surface area contributed by atoms with Crippen LogP contribution in [0.3, 0.4) is 0 Å². The van der Waals surface area contributed by atoms with Gasteiger partial charge in [0.1, 0.15) is 0 Å². The van der Waals surface area contributed by atoms with Gasteiger partial charge in [0.25, 0.3) is 0 Å². The van der Waals surface area contributed by atoms with Crippen molar-refractivity contribution in [3.05, 3.63) is 54.1 Å². The Morgan fingerprint density at radius 1 is 0.944 bits per heavy atom. The first-order valence-electron chi connectivity index (χ1n) is 5.41. The summed E-state index contributed by atoms with van der Waals surface area (Å²) in [5.74, 6) is 0.544. The molecule has 4 nitrogen and oxygen atoms in total. The average Bonchev–Trinajstić information content (AvgIpc) is 2.41. The van der Waals surface area contributed by atoms with E-state index in [2.05, 4.69) is 20.3 Å². The first kappa shape index (κ1) is 10.9. The number of nitrogens with one attached hydrogen (secondary N) is 1. The van der Waals surface area contributed by atoms with Crippen LogP contribution in [0.15, 0.2) is 48.9 Å². The van der Waals surface area contributed by atoms with E-state index in [1.165, 1.54) is 0 Å². The molecule has 0 radical (unpaired) electrons. The summed E-state index contributed by atoms with van der Waals surface area (Å²) in [4.78, 5) is 12.4. The molecule has 0 aliphatic heterocycles. The quantitative estimate of drug-likeness (QED) is 0.763. The number of nitrogens with zero attached hydrogens (tertiary/aromatic N) is 3. The van der Waals surface area contributed by atoms with Gasteiger partial charge < -0.3 is 5.32 Å². The van der Waals surface area contributed by atoms with Gasteiger partial charge in [-0.15, -0.1) is 0 Å². The van der Waals surface area contributed by atoms with Gasteiger partial charge in [0.05, 0.1) is 5.52 Å². The highest BCUT2D eigenvalue weighted by Crippen LogP contribution is 2.23. The van der Waals surface area contributed by atoms with Crippen LogP contribution in [0.5, 0.6) is 0 Å². The molecule has 18 heavy (non-hydrogen) atoms. The Labute approximate surface area is 109 Å². The smallest absolute Gasteiger partial charge is 0.171 e. The average molecular weight is 257 g/mol. The molecule has 1 aromatic carbocycles. The van der Waals surface area contributed by atoms with Crippen LogP contribution < -0.4 is 5.32 Å². The zero-order valence-electron chi connectivity index (χ0n) is 9.34. The highest BCUT2D eigenvalue weighted by atomic mass is 35.5. The molecule has 3 aromatic rings. The molecular weight excluding hydrogens is 248 g/mol. The number of benzene rings is 1. The van der Waals surface area contributed by atoms with Crippen molar-refractivity contribution < 1.29 is 0 Å². The van der Waals surface area contributed by atoms with Gasteiger partial charge in [0.2, 0.25) is 0 Å². The number of rotatable bonds is 2. The van der Waals surface area contributed by atoms with Crippen LogP contribution >= 0.6 is 11.6 Å². The van der Waals surface area contributed by atoms with E-state index in [9.17, 15) is 0 Å². The van der Waals surface area contributed by atoms with E-state index in [-0.39, 0.29) is 0 Å². The SMILES string of the molecule is Clc1nccnc1Nc1ccc2ncccc2c1. The third-order valence-electron chi connectivity index (χ3n) is 2.52. The van der Waals surface area contributed by atoms with Crippen LogP contribution in [0, 0.1) is 0 Å². The maximum absolute atomic E-state index is 5.94. The Kier molecular flexibility index (Phi) is 2.78. The van der Waals surface area contributed by atoms with E-state index >= 15 is 0 Å². The molecule has 2 aromatic heterocycles. The number of hydrogen-bond acceptors (Lipinski definition) is 4. The van der Waals surface area contributed by atoms with Crippen molar-refractivity contribution in [2.24, 2.45) is 0 Å². The lowest BCUT2D eigenvalue weighted by molar-refractivity contribution is 1.20. The predicted molar refractivity (Wildman–Crippen MR) is 72.1 cm³/mol. The van der Waals surface area contributed by atoms with Crippen molar-refractivity contribution >= 4 is 34.0 Å². The zero-order chi connectivity index (χ0) is 12.4. The predicted octanol–water partition coefficient (Wildman–Crippen LogP) is 3.42. The first-order chi connectivity index (χ1) is 8.83. The molecular formula is C13H9ClN4. The molecule has 2 heterocycles. The van der Waals surface area contributed by atoms with Crippen LogP contribution in [0.25, 0.3) is 10.9 Å². The highest BCUT2D eigenvalue weighted by Gasteiger charge is 2.03. The Morgan fingerprint density at radius 3 is 2.72 bits per heavy atom. The summed E-state index contributed by atoms with van der Waals surface area (Å²) in [5, 5.41) is 4.54. The van der Waals surface area contributed by atoms with Crippen molar-refractivity contribution in [1.82, 2.24) is 15.0 Å². The minimum Gasteiger partial charge on any atom is -0.338 e. The monoisotopic (exact) mass is 256 g/mol. The second kappa shape index (κ2) is 4.58. The van der Waals surface area contributed by atoms with E-state index in [1.54, 1.807) is 18.6 Å². The topological polar surface area (TPSA) is 50.7 Å². The largest absolute Gasteiger partial charge is 0.338 e. The van der Waals surface area contributed by atoms with E-state index in [1.807, 2.05) is 30.3 Å². The second-order valence-corrected chi connectivity index (χ2v) is 4.09. The molecule has 1 N–H and O–H groups in total. The van der Waals surface area contributed by atoms with Gasteiger partial charge in [0.15, 0.2) is 11.0 Å². The minimum atomic E-state index is 0.351. The highest BCUT2D eigenvalue weighted by molar-refractivity contribution is 6.31. The third kappa shape index (κ3) is 2.10. The Balaban J connectivity index is 1.98. The van der Waals surface area contributed by atoms with E-state index in [0.717, 1.165) is 16.6 Å². The number of aromatic nitrogens is 3. The van der Waals surface area contributed by atoms with Crippen LogP contribution in [0.2, 0.25) is 5.15 Å². The lowest BCUT2D eigenvalue weighted by Gasteiger charge is -2.07. The summed E-state index contributed by atoms with van der Waals surface area (Å²) in [6, 6.07) is 9.78. The Hall–Kier alpha value is -2.20. The van der Waals surface area contributed by atoms with Gasteiger partial charge in [-0.25, -0.2) is 9.97 Å². The van der Waals surface area contributed by atoms with E-state index in [4.69, 9.17) is 11.6 Å². The van der Waals surface area contributed by atoms with Crippen molar-refractivity contribution in [2.45, 2.75) is 0 Å². The van der Waals surface area contributed by atoms with Crippen LogP contribution in [0.1, 0.15) is 0 Å². The molecule has 0 amide bonds. The molecule has 0 aliphatic rings. The van der Waals surface area contributed by atoms with Gasteiger partial charge in [-0.3, -0.25) is 4.98 Å². The molecule has 0 saturated heterocycles. The standard InChI is InChI=1S/C13H9ClN4/c14-12-13(17-7-6-16-12)18-10-3-4-11-9(8-10)2-1-5-15-11/h1-8H,(H,17,18). The first-order valence-corrected chi connectivity index (χ1v) is 5.79. The number of fused-ring (bicyclic) bond motifs is 1. The summed E-state index contributed by atoms with van der Waals surface area (Å²) < 4.78 is 0. The Bertz CT molecular complexity index is 699. The fourth-order valence-electron chi connectivity index (χ4n) is 1.69. The van der Waals surface area contributed by atoms with Gasteiger partial charge >= 0.3 is 0 Å². The van der Waals surface area contributed by atoms with Crippen LogP contribution in [-0.2, 0) is 0 Å². The summed E-state index contributed by atoms with van der Waals surface area (Å²) in [5.41, 5.74) is 1.85. The normalized spacial score (nSPS) is 10.5. The van der Waals surface area contributed by atoms with E-state index in [0.29, 0.717) is 11.0 Å². The molecule has 0 bridgehead atoms. The lowest BCUT2D eigenvalue weighted by atomic mass is 10.2. The molecule has 0 saturated carbocycles. The third-order valence-corrected chi connectivity index (χ3v) is 2.80. The molecule has 0 aliphatic carbocycles. The van der Waals surface area contributed by atoms with Crippen LogP contribution in [-0.4, -0.2) is 15.0 Å². The van der Waals surface area contributed by atoms with Gasteiger partial charge in [-0.1, -0.05) is 17.7 Å². The summed E-state index contributed by atoms with van der Waals surface area (Å²) in [6.45, 7) is 0. The van der Waals surface area contributed by atoms with Crippen LogP contribution in [0.4, 0.5) is 11.5 Å². The summed E-state index contributed by atoms with van der Waals surface area (Å²) in [7, 11) is 0. The fourth-order valence-corrected chi connectivity index (χ4v) is 1.85. The molecule has 0 fully saturated rings. The zero-order valence-corrected chi connectivity index (χ0v) is 10.1. The fraction of sp³-hybridized carbons (Fsp3) is 0. The van der Waals surface area contributed by atoms with Gasteiger partial charge in [-0.2, -0.15) is 0 Å². The molecule has 5 heteroatoms. The number of anilines is 2. The number of halogens is 1. The second-order valence-electron chi connectivity index (χ2n) is 3.73. The molecule has 0 atom stereocenters. The van der Waals surface area contributed by atoms with Crippen molar-refractivity contribution in [3.8, 4) is 0 Å².